The van der Waals surface area contributed by atoms with Gasteiger partial charge < -0.3 is 10.5 Å². The number of rotatable bonds is 5. The molecule has 3 aliphatic carbocycles. The largest absolute Gasteiger partial charge is 0.446 e. The fourth-order valence-electron chi connectivity index (χ4n) is 5.05. The predicted octanol–water partition coefficient (Wildman–Crippen LogP) is 1.98. The van der Waals surface area contributed by atoms with Crippen molar-refractivity contribution in [3.63, 3.8) is 0 Å². The van der Waals surface area contributed by atoms with Gasteiger partial charge in [0.05, 0.1) is 11.8 Å². The molecular weight excluding hydrogens is 346 g/mol. The number of benzene rings is 1. The van der Waals surface area contributed by atoms with Gasteiger partial charge in [0.25, 0.3) is 0 Å². The van der Waals surface area contributed by atoms with Crippen LogP contribution in [0.2, 0.25) is 0 Å². The van der Waals surface area contributed by atoms with Crippen molar-refractivity contribution in [3.05, 3.63) is 30.3 Å². The van der Waals surface area contributed by atoms with Gasteiger partial charge in [-0.1, -0.05) is 18.2 Å². The highest BCUT2D eigenvalue weighted by atomic mass is 16.6. The highest BCUT2D eigenvalue weighted by molar-refractivity contribution is 6.05. The van der Waals surface area contributed by atoms with E-state index < -0.39 is 6.09 Å². The van der Waals surface area contributed by atoms with Crippen LogP contribution in [0.1, 0.15) is 25.7 Å². The molecule has 1 aliphatic heterocycles. The molecule has 7 nitrogen and oxygen atoms in total. The Hall–Kier alpha value is -2.41. The van der Waals surface area contributed by atoms with Crippen LogP contribution in [0.4, 0.5) is 10.5 Å². The van der Waals surface area contributed by atoms with E-state index in [1.165, 1.54) is 4.90 Å². The summed E-state index contributed by atoms with van der Waals surface area (Å²) < 4.78 is 5.69. The minimum absolute atomic E-state index is 0.0552. The van der Waals surface area contributed by atoms with E-state index in [1.807, 2.05) is 18.2 Å². The molecule has 4 fully saturated rings. The molecule has 5 unspecified atom stereocenters. The molecule has 2 bridgehead atoms. The van der Waals surface area contributed by atoms with Crippen LogP contribution >= 0.6 is 0 Å². The minimum Gasteiger partial charge on any atom is -0.446 e. The number of anilines is 1. The topological polar surface area (TPSA) is 102 Å². The smallest absolute Gasteiger partial charge is 0.411 e. The lowest BCUT2D eigenvalue weighted by Gasteiger charge is -2.47. The van der Waals surface area contributed by atoms with Crippen molar-refractivity contribution in [3.8, 4) is 0 Å². The van der Waals surface area contributed by atoms with Crippen LogP contribution in [0.25, 0.3) is 0 Å². The van der Waals surface area contributed by atoms with Crippen LogP contribution in [0.5, 0.6) is 0 Å². The normalized spacial score (nSPS) is 31.7. The van der Waals surface area contributed by atoms with Gasteiger partial charge >= 0.3 is 6.09 Å². The Labute approximate surface area is 158 Å². The van der Waals surface area contributed by atoms with Gasteiger partial charge in [-0.3, -0.25) is 19.8 Å². The van der Waals surface area contributed by atoms with Gasteiger partial charge in [-0.15, -0.1) is 0 Å². The Morgan fingerprint density at radius 1 is 1.15 bits per heavy atom. The molecule has 144 valence electrons. The summed E-state index contributed by atoms with van der Waals surface area (Å²) >= 11 is 0. The zero-order valence-corrected chi connectivity index (χ0v) is 15.2. The van der Waals surface area contributed by atoms with E-state index in [0.717, 1.165) is 12.8 Å². The van der Waals surface area contributed by atoms with Crippen LogP contribution < -0.4 is 11.1 Å². The molecule has 0 aromatic heterocycles. The fourth-order valence-corrected chi connectivity index (χ4v) is 5.05. The standard InChI is InChI=1S/C20H25N3O4/c21-9-4-10-23-18(24)16-12-7-8-14(17(16)19(23)25)15(11-12)27-20(26)22-13-5-2-1-3-6-13/h1-3,5-6,12,14-17H,4,7-11,21H2,(H,22,26). The zero-order chi connectivity index (χ0) is 19.0. The molecular formula is C20H25N3O4. The number of imide groups is 1. The Kier molecular flexibility index (Phi) is 4.86. The fraction of sp³-hybridized carbons (Fsp3) is 0.550. The first-order valence-electron chi connectivity index (χ1n) is 9.68. The van der Waals surface area contributed by atoms with E-state index >= 15 is 0 Å². The van der Waals surface area contributed by atoms with Gasteiger partial charge in [0.1, 0.15) is 6.10 Å². The van der Waals surface area contributed by atoms with Crippen molar-refractivity contribution in [2.24, 2.45) is 29.4 Å². The molecule has 4 aliphatic rings. The first kappa shape index (κ1) is 18.0. The van der Waals surface area contributed by atoms with Crippen LogP contribution in [0.15, 0.2) is 30.3 Å². The van der Waals surface area contributed by atoms with Crippen molar-refractivity contribution in [2.45, 2.75) is 31.8 Å². The van der Waals surface area contributed by atoms with Gasteiger partial charge in [-0.25, -0.2) is 4.79 Å². The van der Waals surface area contributed by atoms with Gasteiger partial charge in [-0.2, -0.15) is 0 Å². The summed E-state index contributed by atoms with van der Waals surface area (Å²) in [5.74, 6) is -0.733. The number of nitrogens with one attached hydrogen (secondary N) is 1. The van der Waals surface area contributed by atoms with Crippen LogP contribution in [0, 0.1) is 23.7 Å². The molecule has 1 aromatic rings. The number of ether oxygens (including phenoxy) is 1. The van der Waals surface area contributed by atoms with Crippen molar-refractivity contribution in [1.29, 1.82) is 0 Å². The summed E-state index contributed by atoms with van der Waals surface area (Å²) in [4.78, 5) is 39.3. The molecule has 1 saturated heterocycles. The molecule has 1 heterocycles. The summed E-state index contributed by atoms with van der Waals surface area (Å²) in [6.07, 6.45) is 2.17. The first-order chi connectivity index (χ1) is 13.1. The third-order valence-corrected chi connectivity index (χ3v) is 6.21. The predicted molar refractivity (Wildman–Crippen MR) is 98.5 cm³/mol. The number of fused-ring (bicyclic) bond motifs is 2. The van der Waals surface area contributed by atoms with E-state index in [2.05, 4.69) is 5.32 Å². The molecule has 1 aromatic carbocycles. The maximum Gasteiger partial charge on any atom is 0.411 e. The zero-order valence-electron chi connectivity index (χ0n) is 15.2. The summed E-state index contributed by atoms with van der Waals surface area (Å²) in [5, 5.41) is 2.73. The van der Waals surface area contributed by atoms with E-state index in [-0.39, 0.29) is 41.6 Å². The number of nitrogens with two attached hydrogens (primary N) is 1. The average Bonchev–Trinajstić information content (AvgIpc) is 2.93. The maximum absolute atomic E-state index is 12.9. The lowest BCUT2D eigenvalue weighted by Crippen LogP contribution is -2.50. The monoisotopic (exact) mass is 371 g/mol. The summed E-state index contributed by atoms with van der Waals surface area (Å²) in [7, 11) is 0. The van der Waals surface area contributed by atoms with E-state index in [1.54, 1.807) is 12.1 Å². The lowest BCUT2D eigenvalue weighted by atomic mass is 9.58. The van der Waals surface area contributed by atoms with Crippen molar-refractivity contribution < 1.29 is 19.1 Å². The minimum atomic E-state index is -0.507. The Morgan fingerprint density at radius 2 is 1.89 bits per heavy atom. The molecule has 7 heteroatoms. The SMILES string of the molecule is NCCCN1C(=O)C2C3CCC(C(OC(=O)Nc4ccccc4)C3)C2C1=O. The van der Waals surface area contributed by atoms with Crippen molar-refractivity contribution in [2.75, 3.05) is 18.4 Å². The molecule has 0 radical (unpaired) electrons. The Balaban J connectivity index is 1.45. The molecule has 5 rings (SSSR count). The number of hydrogen-bond acceptors (Lipinski definition) is 5. The van der Waals surface area contributed by atoms with Crippen LogP contribution in [0.3, 0.4) is 0 Å². The van der Waals surface area contributed by atoms with Crippen LogP contribution in [-0.4, -0.2) is 42.0 Å². The summed E-state index contributed by atoms with van der Waals surface area (Å²) in [5.41, 5.74) is 6.21. The summed E-state index contributed by atoms with van der Waals surface area (Å²) in [6.45, 7) is 0.839. The van der Waals surface area contributed by atoms with Gasteiger partial charge in [-0.05, 0) is 50.3 Å². The summed E-state index contributed by atoms with van der Waals surface area (Å²) in [6, 6.07) is 9.12. The number of carbonyl (C=O) groups excluding carboxylic acids is 3. The third kappa shape index (κ3) is 3.20. The highest BCUT2D eigenvalue weighted by Crippen LogP contribution is 2.53. The Morgan fingerprint density at radius 3 is 2.63 bits per heavy atom. The lowest BCUT2D eigenvalue weighted by molar-refractivity contribution is -0.140. The number of para-hydroxylation sites is 1. The molecule has 3 N–H and O–H groups in total. The average molecular weight is 371 g/mol. The van der Waals surface area contributed by atoms with E-state index in [0.29, 0.717) is 31.6 Å². The maximum atomic E-state index is 12.9. The Bertz CT molecular complexity index is 738. The number of likely N-dealkylation sites (tertiary alicyclic amines) is 1. The first-order valence-corrected chi connectivity index (χ1v) is 9.68. The quantitative estimate of drug-likeness (QED) is 0.771. The van der Waals surface area contributed by atoms with E-state index in [9.17, 15) is 14.4 Å². The van der Waals surface area contributed by atoms with Crippen molar-refractivity contribution >= 4 is 23.6 Å². The van der Waals surface area contributed by atoms with Crippen LogP contribution in [-0.2, 0) is 14.3 Å². The highest BCUT2D eigenvalue weighted by Gasteiger charge is 2.61. The second kappa shape index (κ2) is 7.31. The molecule has 5 atom stereocenters. The molecule has 0 spiro atoms. The molecule has 27 heavy (non-hydrogen) atoms. The number of amides is 3. The van der Waals surface area contributed by atoms with Gasteiger partial charge in [0.15, 0.2) is 0 Å². The van der Waals surface area contributed by atoms with Crippen molar-refractivity contribution in [1.82, 2.24) is 4.90 Å². The number of hydrogen-bond donors (Lipinski definition) is 2. The third-order valence-electron chi connectivity index (χ3n) is 6.21. The second-order valence-electron chi connectivity index (χ2n) is 7.69. The second-order valence-corrected chi connectivity index (χ2v) is 7.69. The number of nitrogens with zero attached hydrogens (tertiary/aromatic N) is 1. The van der Waals surface area contributed by atoms with Gasteiger partial charge in [0.2, 0.25) is 11.8 Å². The number of carbonyl (C=O) groups is 3. The molecule has 3 saturated carbocycles. The molecule has 3 amide bonds. The van der Waals surface area contributed by atoms with Gasteiger partial charge in [0, 0.05) is 18.2 Å². The van der Waals surface area contributed by atoms with E-state index in [4.69, 9.17) is 10.5 Å².